The maximum Gasteiger partial charge on any atom is 0.326 e. The zero-order valence-electron chi connectivity index (χ0n) is 12.0. The molecule has 116 valence electrons. The Balaban J connectivity index is 2.73. The predicted octanol–water partition coefficient (Wildman–Crippen LogP) is 1.86. The van der Waals surface area contributed by atoms with E-state index in [-0.39, 0.29) is 18.8 Å². The van der Waals surface area contributed by atoms with Crippen molar-refractivity contribution < 1.29 is 19.8 Å². The number of aliphatic hydroxyl groups is 1. The van der Waals surface area contributed by atoms with Crippen molar-refractivity contribution in [1.82, 2.24) is 5.32 Å². The summed E-state index contributed by atoms with van der Waals surface area (Å²) in [5, 5.41) is 21.7. The fourth-order valence-corrected chi connectivity index (χ4v) is 2.12. The number of hydrogen-bond donors (Lipinski definition) is 3. The molecule has 0 unspecified atom stereocenters. The van der Waals surface area contributed by atoms with Gasteiger partial charge >= 0.3 is 5.97 Å². The first kappa shape index (κ1) is 17.5. The van der Waals surface area contributed by atoms with E-state index in [0.29, 0.717) is 10.6 Å². The molecule has 0 spiro atoms. The van der Waals surface area contributed by atoms with Crippen LogP contribution in [0.3, 0.4) is 0 Å². The number of carboxylic acids is 1. The van der Waals surface area contributed by atoms with E-state index in [0.717, 1.165) is 0 Å². The number of carbonyl (C=O) groups excluding carboxylic acids is 1. The van der Waals surface area contributed by atoms with E-state index >= 15 is 0 Å². The van der Waals surface area contributed by atoms with Gasteiger partial charge in [-0.25, -0.2) is 4.79 Å². The molecule has 0 aliphatic heterocycles. The Morgan fingerprint density at radius 3 is 2.43 bits per heavy atom. The van der Waals surface area contributed by atoms with Gasteiger partial charge in [0.25, 0.3) is 0 Å². The zero-order valence-corrected chi connectivity index (χ0v) is 12.8. The molecule has 1 rings (SSSR count). The summed E-state index contributed by atoms with van der Waals surface area (Å²) in [6.07, 6.45) is -0.863. The third-order valence-corrected chi connectivity index (χ3v) is 3.36. The minimum absolute atomic E-state index is 0.0646. The molecule has 0 fully saturated rings. The van der Waals surface area contributed by atoms with Crippen LogP contribution in [0.4, 0.5) is 0 Å². The molecule has 1 amide bonds. The van der Waals surface area contributed by atoms with Crippen molar-refractivity contribution in [3.05, 3.63) is 34.9 Å². The van der Waals surface area contributed by atoms with Crippen LogP contribution in [0.25, 0.3) is 0 Å². The van der Waals surface area contributed by atoms with Crippen LogP contribution < -0.4 is 5.32 Å². The fourth-order valence-electron chi connectivity index (χ4n) is 1.91. The first-order valence-corrected chi connectivity index (χ1v) is 7.13. The van der Waals surface area contributed by atoms with Gasteiger partial charge in [-0.2, -0.15) is 0 Å². The van der Waals surface area contributed by atoms with Crippen molar-refractivity contribution in [2.45, 2.75) is 38.8 Å². The number of carboxylic acid groups (broad SMARTS) is 1. The van der Waals surface area contributed by atoms with Crippen LogP contribution in [0.5, 0.6) is 0 Å². The van der Waals surface area contributed by atoms with E-state index in [4.69, 9.17) is 11.6 Å². The summed E-state index contributed by atoms with van der Waals surface area (Å²) in [4.78, 5) is 23.1. The van der Waals surface area contributed by atoms with E-state index in [1.807, 2.05) is 13.8 Å². The number of aliphatic hydroxyl groups excluding tert-OH is 1. The van der Waals surface area contributed by atoms with Crippen molar-refractivity contribution in [3.8, 4) is 0 Å². The summed E-state index contributed by atoms with van der Waals surface area (Å²) >= 11 is 5.99. The van der Waals surface area contributed by atoms with Crippen LogP contribution in [-0.2, 0) is 16.0 Å². The van der Waals surface area contributed by atoms with Crippen LogP contribution in [-0.4, -0.2) is 34.2 Å². The molecule has 0 saturated carbocycles. The molecule has 0 bridgehead atoms. The molecular weight excluding hydrogens is 294 g/mol. The summed E-state index contributed by atoms with van der Waals surface area (Å²) < 4.78 is 0. The fraction of sp³-hybridized carbons (Fsp3) is 0.467. The van der Waals surface area contributed by atoms with E-state index < -0.39 is 24.0 Å². The SMILES string of the molecule is CC(C)C[C@@H](O)C(=O)N[C@H](Cc1ccccc1Cl)C(=O)O. The summed E-state index contributed by atoms with van der Waals surface area (Å²) in [5.74, 6) is -1.71. The van der Waals surface area contributed by atoms with Gasteiger partial charge in [-0.1, -0.05) is 43.6 Å². The average Bonchev–Trinajstić information content (AvgIpc) is 2.39. The van der Waals surface area contributed by atoms with Crippen LogP contribution in [0, 0.1) is 5.92 Å². The summed E-state index contributed by atoms with van der Waals surface area (Å²) in [6, 6.07) is 5.72. The molecule has 21 heavy (non-hydrogen) atoms. The lowest BCUT2D eigenvalue weighted by Crippen LogP contribution is -2.47. The van der Waals surface area contributed by atoms with Crippen LogP contribution >= 0.6 is 11.6 Å². The lowest BCUT2D eigenvalue weighted by Gasteiger charge is -2.18. The maximum atomic E-state index is 11.8. The number of nitrogens with one attached hydrogen (secondary N) is 1. The van der Waals surface area contributed by atoms with Gasteiger partial charge in [0.05, 0.1) is 0 Å². The van der Waals surface area contributed by atoms with E-state index in [1.54, 1.807) is 24.3 Å². The minimum atomic E-state index is -1.21. The lowest BCUT2D eigenvalue weighted by molar-refractivity contribution is -0.143. The smallest absolute Gasteiger partial charge is 0.326 e. The number of hydrogen-bond acceptors (Lipinski definition) is 3. The second kappa shape index (κ2) is 8.00. The Morgan fingerprint density at radius 2 is 1.90 bits per heavy atom. The van der Waals surface area contributed by atoms with E-state index in [2.05, 4.69) is 5.32 Å². The predicted molar refractivity (Wildman–Crippen MR) is 80.2 cm³/mol. The number of aliphatic carboxylic acids is 1. The van der Waals surface area contributed by atoms with Crippen molar-refractivity contribution >= 4 is 23.5 Å². The molecule has 0 radical (unpaired) electrons. The average molecular weight is 314 g/mol. The van der Waals surface area contributed by atoms with Gasteiger partial charge < -0.3 is 15.5 Å². The molecule has 0 aliphatic carbocycles. The molecule has 0 aromatic heterocycles. The Bertz CT molecular complexity index is 504. The van der Waals surface area contributed by atoms with Gasteiger partial charge in [0.2, 0.25) is 5.91 Å². The first-order valence-electron chi connectivity index (χ1n) is 6.76. The van der Waals surface area contributed by atoms with Gasteiger partial charge in [-0.3, -0.25) is 4.79 Å². The lowest BCUT2D eigenvalue weighted by atomic mass is 10.0. The number of benzene rings is 1. The summed E-state index contributed by atoms with van der Waals surface area (Å²) in [5.41, 5.74) is 0.630. The Kier molecular flexibility index (Phi) is 6.65. The second-order valence-electron chi connectivity index (χ2n) is 5.34. The molecule has 0 aliphatic rings. The highest BCUT2D eigenvalue weighted by molar-refractivity contribution is 6.31. The highest BCUT2D eigenvalue weighted by atomic mass is 35.5. The largest absolute Gasteiger partial charge is 0.480 e. The third-order valence-electron chi connectivity index (χ3n) is 2.99. The molecule has 0 heterocycles. The van der Waals surface area contributed by atoms with Crippen LogP contribution in [0.15, 0.2) is 24.3 Å². The standard InChI is InChI=1S/C15H20ClNO4/c1-9(2)7-13(18)14(19)17-12(15(20)21)8-10-5-3-4-6-11(10)16/h3-6,9,12-13,18H,7-8H2,1-2H3,(H,17,19)(H,20,21)/t12-,13-/m1/s1. The molecule has 5 nitrogen and oxygen atoms in total. The van der Waals surface area contributed by atoms with E-state index in [1.165, 1.54) is 0 Å². The van der Waals surface area contributed by atoms with Gasteiger partial charge in [-0.15, -0.1) is 0 Å². The normalized spacial score (nSPS) is 13.8. The zero-order chi connectivity index (χ0) is 16.0. The van der Waals surface area contributed by atoms with Crippen molar-refractivity contribution in [2.75, 3.05) is 0 Å². The topological polar surface area (TPSA) is 86.6 Å². The molecular formula is C15H20ClNO4. The number of amides is 1. The summed E-state index contributed by atoms with van der Waals surface area (Å²) in [7, 11) is 0. The van der Waals surface area contributed by atoms with E-state index in [9.17, 15) is 19.8 Å². The third kappa shape index (κ3) is 5.73. The Labute approximate surface area is 128 Å². The Hall–Kier alpha value is -1.59. The molecule has 6 heteroatoms. The second-order valence-corrected chi connectivity index (χ2v) is 5.75. The first-order chi connectivity index (χ1) is 9.81. The summed E-state index contributed by atoms with van der Waals surface area (Å²) in [6.45, 7) is 3.74. The highest BCUT2D eigenvalue weighted by Gasteiger charge is 2.25. The maximum absolute atomic E-state index is 11.8. The number of halogens is 1. The molecule has 3 N–H and O–H groups in total. The molecule has 1 aromatic rings. The van der Waals surface area contributed by atoms with Crippen LogP contribution in [0.2, 0.25) is 5.02 Å². The van der Waals surface area contributed by atoms with Crippen molar-refractivity contribution in [3.63, 3.8) is 0 Å². The van der Waals surface area contributed by atoms with Gasteiger partial charge in [-0.05, 0) is 24.0 Å². The monoisotopic (exact) mass is 313 g/mol. The van der Waals surface area contributed by atoms with Crippen molar-refractivity contribution in [1.29, 1.82) is 0 Å². The van der Waals surface area contributed by atoms with Crippen molar-refractivity contribution in [2.24, 2.45) is 5.92 Å². The number of rotatable bonds is 7. The van der Waals surface area contributed by atoms with Gasteiger partial charge in [0.15, 0.2) is 0 Å². The van der Waals surface area contributed by atoms with Crippen LogP contribution in [0.1, 0.15) is 25.8 Å². The Morgan fingerprint density at radius 1 is 1.29 bits per heavy atom. The quantitative estimate of drug-likeness (QED) is 0.717. The molecule has 1 aromatic carbocycles. The van der Waals surface area contributed by atoms with Gasteiger partial charge in [0, 0.05) is 11.4 Å². The highest BCUT2D eigenvalue weighted by Crippen LogP contribution is 2.17. The molecule has 0 saturated heterocycles. The minimum Gasteiger partial charge on any atom is -0.480 e. The van der Waals surface area contributed by atoms with Gasteiger partial charge in [0.1, 0.15) is 12.1 Å². The number of carbonyl (C=O) groups is 2. The molecule has 2 atom stereocenters.